The van der Waals surface area contributed by atoms with E-state index >= 15 is 0 Å². The summed E-state index contributed by atoms with van der Waals surface area (Å²) in [4.78, 5) is 12.2. The van der Waals surface area contributed by atoms with Gasteiger partial charge in [-0.05, 0) is 63.0 Å². The average Bonchev–Trinajstić information content (AvgIpc) is 2.61. The molecule has 0 aromatic heterocycles. The molecule has 1 aromatic rings. The highest BCUT2D eigenvalue weighted by Gasteiger charge is 2.53. The number of fused-ring (bicyclic) bond motifs is 3. The zero-order chi connectivity index (χ0) is 17.4. The lowest BCUT2D eigenvalue weighted by atomic mass is 9.54. The Bertz CT molecular complexity index is 696. The fourth-order valence-electron chi connectivity index (χ4n) is 3.98. The SMILES string of the molecule is COC(=O)C12CCC(COS(=O)(=O)c3ccc(C)cc3)(CC1)CC2. The highest BCUT2D eigenvalue weighted by molar-refractivity contribution is 7.86. The van der Waals surface area contributed by atoms with Gasteiger partial charge in [0.2, 0.25) is 0 Å². The Morgan fingerprint density at radius 3 is 2.08 bits per heavy atom. The first-order chi connectivity index (χ1) is 11.3. The highest BCUT2D eigenvalue weighted by atomic mass is 32.2. The second kappa shape index (κ2) is 6.15. The summed E-state index contributed by atoms with van der Waals surface area (Å²) >= 11 is 0. The molecule has 0 N–H and O–H groups in total. The number of hydrogen-bond donors (Lipinski definition) is 0. The lowest BCUT2D eigenvalue weighted by molar-refractivity contribution is -0.163. The van der Waals surface area contributed by atoms with Crippen LogP contribution in [0, 0.1) is 17.8 Å². The normalized spacial score (nSPS) is 29.4. The second-order valence-corrected chi connectivity index (χ2v) is 8.92. The van der Waals surface area contributed by atoms with Crippen LogP contribution in [-0.2, 0) is 23.8 Å². The fraction of sp³-hybridized carbons (Fsp3) is 0.611. The molecule has 132 valence electrons. The van der Waals surface area contributed by atoms with Gasteiger partial charge in [-0.1, -0.05) is 17.7 Å². The lowest BCUT2D eigenvalue weighted by Gasteiger charge is -2.51. The molecule has 2 bridgehead atoms. The molecule has 0 radical (unpaired) electrons. The van der Waals surface area contributed by atoms with Crippen LogP contribution >= 0.6 is 0 Å². The molecule has 3 saturated carbocycles. The Balaban J connectivity index is 1.66. The molecule has 3 fully saturated rings. The molecule has 5 nitrogen and oxygen atoms in total. The van der Waals surface area contributed by atoms with Crippen LogP contribution in [0.15, 0.2) is 29.2 Å². The van der Waals surface area contributed by atoms with Crippen molar-refractivity contribution in [1.82, 2.24) is 0 Å². The van der Waals surface area contributed by atoms with E-state index in [1.54, 1.807) is 24.3 Å². The molecule has 0 amide bonds. The van der Waals surface area contributed by atoms with E-state index in [4.69, 9.17) is 8.92 Å². The zero-order valence-electron chi connectivity index (χ0n) is 14.2. The maximum Gasteiger partial charge on any atom is 0.311 e. The van der Waals surface area contributed by atoms with Crippen molar-refractivity contribution in [3.63, 3.8) is 0 Å². The van der Waals surface area contributed by atoms with Crippen molar-refractivity contribution in [2.24, 2.45) is 10.8 Å². The average molecular weight is 352 g/mol. The van der Waals surface area contributed by atoms with E-state index in [0.29, 0.717) is 0 Å². The molecule has 0 spiro atoms. The third-order valence-electron chi connectivity index (χ3n) is 5.85. The third kappa shape index (κ3) is 3.09. The van der Waals surface area contributed by atoms with Crippen LogP contribution < -0.4 is 0 Å². The monoisotopic (exact) mass is 352 g/mol. The standard InChI is InChI=1S/C18H24O5S/c1-14-3-5-15(6-4-14)24(20,21)23-13-17-7-10-18(11-8-17,12-9-17)16(19)22-2/h3-6H,7-13H2,1-2H3. The first-order valence-electron chi connectivity index (χ1n) is 8.36. The summed E-state index contributed by atoms with van der Waals surface area (Å²) in [7, 11) is -2.30. The van der Waals surface area contributed by atoms with Crippen LogP contribution in [0.5, 0.6) is 0 Å². The molecule has 3 aliphatic carbocycles. The Morgan fingerprint density at radius 1 is 1.04 bits per heavy atom. The smallest absolute Gasteiger partial charge is 0.311 e. The van der Waals surface area contributed by atoms with Crippen molar-refractivity contribution in [3.05, 3.63) is 29.8 Å². The summed E-state index contributed by atoms with van der Waals surface area (Å²) in [6.07, 6.45) is 4.71. The van der Waals surface area contributed by atoms with Gasteiger partial charge in [-0.25, -0.2) is 0 Å². The molecule has 4 rings (SSSR count). The molecule has 0 unspecified atom stereocenters. The van der Waals surface area contributed by atoms with Crippen LogP contribution in [0.2, 0.25) is 0 Å². The van der Waals surface area contributed by atoms with E-state index in [0.717, 1.165) is 44.1 Å². The van der Waals surface area contributed by atoms with Crippen molar-refractivity contribution in [1.29, 1.82) is 0 Å². The van der Waals surface area contributed by atoms with Crippen LogP contribution in [0.3, 0.4) is 0 Å². The quantitative estimate of drug-likeness (QED) is 0.601. The highest BCUT2D eigenvalue weighted by Crippen LogP contribution is 2.57. The minimum atomic E-state index is -3.74. The first kappa shape index (κ1) is 17.4. The van der Waals surface area contributed by atoms with Crippen molar-refractivity contribution in [3.8, 4) is 0 Å². The van der Waals surface area contributed by atoms with Gasteiger partial charge in [-0.2, -0.15) is 8.42 Å². The summed E-state index contributed by atoms with van der Waals surface area (Å²) in [5, 5.41) is 0. The first-order valence-corrected chi connectivity index (χ1v) is 9.76. The Labute approximate surface area is 143 Å². The molecule has 1 aromatic carbocycles. The summed E-state index contributed by atoms with van der Waals surface area (Å²) in [6.45, 7) is 2.11. The minimum Gasteiger partial charge on any atom is -0.469 e. The number of methoxy groups -OCH3 is 1. The predicted molar refractivity (Wildman–Crippen MR) is 88.9 cm³/mol. The Hall–Kier alpha value is -1.40. The van der Waals surface area contributed by atoms with Gasteiger partial charge in [0.25, 0.3) is 10.1 Å². The van der Waals surface area contributed by atoms with Crippen LogP contribution in [0.4, 0.5) is 0 Å². The van der Waals surface area contributed by atoms with Crippen molar-refractivity contribution in [2.45, 2.75) is 50.3 Å². The van der Waals surface area contributed by atoms with Gasteiger partial charge in [-0.3, -0.25) is 8.98 Å². The molecular weight excluding hydrogens is 328 g/mol. The van der Waals surface area contributed by atoms with Gasteiger partial charge in [0.15, 0.2) is 0 Å². The Morgan fingerprint density at radius 2 is 1.58 bits per heavy atom. The third-order valence-corrected chi connectivity index (χ3v) is 7.13. The van der Waals surface area contributed by atoms with Crippen molar-refractivity contribution in [2.75, 3.05) is 13.7 Å². The molecule has 24 heavy (non-hydrogen) atoms. The molecular formula is C18H24O5S. The lowest BCUT2D eigenvalue weighted by Crippen LogP contribution is -2.48. The van der Waals surface area contributed by atoms with E-state index in [9.17, 15) is 13.2 Å². The van der Waals surface area contributed by atoms with E-state index in [1.165, 1.54) is 7.11 Å². The number of benzene rings is 1. The van der Waals surface area contributed by atoms with Crippen LogP contribution in [0.25, 0.3) is 0 Å². The number of carbonyl (C=O) groups is 1. The van der Waals surface area contributed by atoms with Crippen molar-refractivity contribution >= 4 is 16.1 Å². The van der Waals surface area contributed by atoms with Gasteiger partial charge >= 0.3 is 5.97 Å². The predicted octanol–water partition coefficient (Wildman–Crippen LogP) is 3.21. The van der Waals surface area contributed by atoms with E-state index in [1.807, 2.05) is 6.92 Å². The number of hydrogen-bond acceptors (Lipinski definition) is 5. The van der Waals surface area contributed by atoms with Gasteiger partial charge in [0.05, 0.1) is 24.0 Å². The summed E-state index contributed by atoms with van der Waals surface area (Å²) in [6, 6.07) is 6.68. The van der Waals surface area contributed by atoms with Gasteiger partial charge in [-0.15, -0.1) is 0 Å². The van der Waals surface area contributed by atoms with E-state index in [2.05, 4.69) is 0 Å². The fourth-order valence-corrected chi connectivity index (χ4v) is 4.99. The largest absolute Gasteiger partial charge is 0.469 e. The minimum absolute atomic E-state index is 0.121. The van der Waals surface area contributed by atoms with Crippen LogP contribution in [0.1, 0.15) is 44.1 Å². The van der Waals surface area contributed by atoms with Crippen LogP contribution in [-0.4, -0.2) is 28.1 Å². The number of rotatable bonds is 5. The maximum atomic E-state index is 12.4. The number of esters is 1. The Kier molecular flexibility index (Phi) is 4.47. The molecule has 3 aliphatic rings. The second-order valence-electron chi connectivity index (χ2n) is 7.30. The molecule has 6 heteroatoms. The van der Waals surface area contributed by atoms with E-state index < -0.39 is 10.1 Å². The topological polar surface area (TPSA) is 69.7 Å². The summed E-state index contributed by atoms with van der Waals surface area (Å²) in [5.41, 5.74) is 0.520. The molecule has 0 aliphatic heterocycles. The molecule has 0 saturated heterocycles. The number of aryl methyl sites for hydroxylation is 1. The number of ether oxygens (including phenoxy) is 1. The van der Waals surface area contributed by atoms with Crippen molar-refractivity contribution < 1.29 is 22.1 Å². The van der Waals surface area contributed by atoms with E-state index in [-0.39, 0.29) is 28.3 Å². The molecule has 0 atom stereocenters. The number of carbonyl (C=O) groups excluding carboxylic acids is 1. The summed E-state index contributed by atoms with van der Waals surface area (Å²) in [5.74, 6) is -0.121. The maximum absolute atomic E-state index is 12.4. The van der Waals surface area contributed by atoms with Gasteiger partial charge in [0, 0.05) is 0 Å². The zero-order valence-corrected chi connectivity index (χ0v) is 15.0. The van der Waals surface area contributed by atoms with Gasteiger partial charge < -0.3 is 4.74 Å². The summed E-state index contributed by atoms with van der Waals surface area (Å²) < 4.78 is 35.1. The molecule has 0 heterocycles. The van der Waals surface area contributed by atoms with Gasteiger partial charge in [0.1, 0.15) is 0 Å².